The lowest BCUT2D eigenvalue weighted by molar-refractivity contribution is -0.132. The zero-order valence-corrected chi connectivity index (χ0v) is 29.3. The molecule has 13 nitrogen and oxygen atoms in total. The van der Waals surface area contributed by atoms with Gasteiger partial charge < -0.3 is 42.6 Å². The van der Waals surface area contributed by atoms with Crippen molar-refractivity contribution in [3.8, 4) is 0 Å². The van der Waals surface area contributed by atoms with Gasteiger partial charge in [-0.05, 0) is 64.7 Å². The van der Waals surface area contributed by atoms with Crippen LogP contribution in [0.3, 0.4) is 0 Å². The first kappa shape index (κ1) is 40.9. The van der Waals surface area contributed by atoms with Gasteiger partial charge in [0.15, 0.2) is 5.96 Å². The Morgan fingerprint density at radius 3 is 2.15 bits per heavy atom. The third-order valence-electron chi connectivity index (χ3n) is 8.18. The van der Waals surface area contributed by atoms with E-state index >= 15 is 0 Å². The Morgan fingerprint density at radius 2 is 1.59 bits per heavy atom. The van der Waals surface area contributed by atoms with Crippen molar-refractivity contribution in [1.29, 1.82) is 0 Å². The molecule has 46 heavy (non-hydrogen) atoms. The lowest BCUT2D eigenvalue weighted by Crippen LogP contribution is -2.58. The number of carbonyl (C=O) groups is 4. The second kappa shape index (κ2) is 20.9. The summed E-state index contributed by atoms with van der Waals surface area (Å²) >= 11 is 0. The fraction of sp³-hybridized carbons (Fsp3) is 0.848. The van der Waals surface area contributed by atoms with E-state index in [-0.39, 0.29) is 37.2 Å². The SMILES string of the molecule is CCCCNC(=O)[C@H](C)C[C@H](O)[C@H](CC1CCCCC1)NC(=O)[C@@H](NC(=O)[C@H](CCCN=C(N)N)NC(=O)OC(C)(C)C)C(C)C. The Balaban J connectivity index is 3.09. The van der Waals surface area contributed by atoms with Crippen LogP contribution in [0.25, 0.3) is 0 Å². The van der Waals surface area contributed by atoms with E-state index in [2.05, 4.69) is 33.2 Å². The Bertz CT molecular complexity index is 974. The maximum Gasteiger partial charge on any atom is 0.408 e. The van der Waals surface area contributed by atoms with Gasteiger partial charge in [0.2, 0.25) is 17.7 Å². The number of nitrogens with one attached hydrogen (secondary N) is 4. The van der Waals surface area contributed by atoms with E-state index in [1.807, 2.05) is 13.8 Å². The van der Waals surface area contributed by atoms with Crippen molar-refractivity contribution in [3.63, 3.8) is 0 Å². The quantitative estimate of drug-likeness (QED) is 0.0624. The predicted octanol–water partition coefficient (Wildman–Crippen LogP) is 2.83. The summed E-state index contributed by atoms with van der Waals surface area (Å²) in [6.45, 7) is 13.5. The van der Waals surface area contributed by atoms with Crippen LogP contribution in [0.1, 0.15) is 119 Å². The molecule has 266 valence electrons. The molecule has 0 heterocycles. The molecule has 0 saturated heterocycles. The molecule has 0 aromatic carbocycles. The highest BCUT2D eigenvalue weighted by atomic mass is 16.6. The minimum atomic E-state index is -1.01. The van der Waals surface area contributed by atoms with Crippen molar-refractivity contribution in [2.45, 2.75) is 149 Å². The predicted molar refractivity (Wildman–Crippen MR) is 181 cm³/mol. The molecule has 13 heteroatoms. The molecule has 9 N–H and O–H groups in total. The summed E-state index contributed by atoms with van der Waals surface area (Å²) in [4.78, 5) is 56.4. The van der Waals surface area contributed by atoms with Crippen LogP contribution in [-0.4, -0.2) is 77.8 Å². The Kier molecular flexibility index (Phi) is 18.6. The summed E-state index contributed by atoms with van der Waals surface area (Å²) in [6, 6.07) is -2.53. The zero-order valence-electron chi connectivity index (χ0n) is 29.3. The lowest BCUT2D eigenvalue weighted by atomic mass is 9.82. The highest BCUT2D eigenvalue weighted by Gasteiger charge is 2.34. The van der Waals surface area contributed by atoms with Gasteiger partial charge in [-0.1, -0.05) is 66.2 Å². The number of aliphatic imine (C=N–C) groups is 1. The van der Waals surface area contributed by atoms with Crippen molar-refractivity contribution in [3.05, 3.63) is 0 Å². The van der Waals surface area contributed by atoms with Gasteiger partial charge in [0.05, 0.1) is 12.1 Å². The second-order valence-electron chi connectivity index (χ2n) is 14.1. The lowest BCUT2D eigenvalue weighted by Gasteiger charge is -2.33. The van der Waals surface area contributed by atoms with Gasteiger partial charge in [0.1, 0.15) is 17.7 Å². The van der Waals surface area contributed by atoms with Crippen LogP contribution in [0, 0.1) is 17.8 Å². The van der Waals surface area contributed by atoms with E-state index < -0.39 is 53.7 Å². The topological polar surface area (TPSA) is 210 Å². The van der Waals surface area contributed by atoms with Crippen molar-refractivity contribution < 1.29 is 29.0 Å². The molecule has 1 aliphatic carbocycles. The van der Waals surface area contributed by atoms with Gasteiger partial charge in [0, 0.05) is 19.0 Å². The van der Waals surface area contributed by atoms with Crippen molar-refractivity contribution in [1.82, 2.24) is 21.3 Å². The summed E-state index contributed by atoms with van der Waals surface area (Å²) in [6.07, 6.45) is 6.97. The molecule has 4 amide bonds. The van der Waals surface area contributed by atoms with E-state index in [9.17, 15) is 24.3 Å². The van der Waals surface area contributed by atoms with Gasteiger partial charge in [0.25, 0.3) is 0 Å². The number of amides is 4. The van der Waals surface area contributed by atoms with Crippen molar-refractivity contribution in [2.24, 2.45) is 34.2 Å². The van der Waals surface area contributed by atoms with Crippen LogP contribution < -0.4 is 32.7 Å². The Morgan fingerprint density at radius 1 is 0.935 bits per heavy atom. The second-order valence-corrected chi connectivity index (χ2v) is 14.1. The Hall–Kier alpha value is -3.09. The fourth-order valence-corrected chi connectivity index (χ4v) is 5.57. The van der Waals surface area contributed by atoms with E-state index in [1.54, 1.807) is 27.7 Å². The molecule has 1 aliphatic rings. The molecule has 1 fully saturated rings. The number of guanidine groups is 1. The summed E-state index contributed by atoms with van der Waals surface area (Å²) < 4.78 is 5.36. The van der Waals surface area contributed by atoms with E-state index in [4.69, 9.17) is 16.2 Å². The zero-order chi connectivity index (χ0) is 34.9. The molecule has 1 rings (SSSR count). The highest BCUT2D eigenvalue weighted by molar-refractivity contribution is 5.91. The van der Waals surface area contributed by atoms with Crippen LogP contribution in [0.2, 0.25) is 0 Å². The summed E-state index contributed by atoms with van der Waals surface area (Å²) in [5.41, 5.74) is 10.1. The average Bonchev–Trinajstić information content (AvgIpc) is 2.96. The van der Waals surface area contributed by atoms with Gasteiger partial charge >= 0.3 is 6.09 Å². The molecule has 0 spiro atoms. The first-order valence-electron chi connectivity index (χ1n) is 17.1. The third-order valence-corrected chi connectivity index (χ3v) is 8.18. The molecule has 0 aromatic heterocycles. The molecule has 5 atom stereocenters. The highest BCUT2D eigenvalue weighted by Crippen LogP contribution is 2.29. The largest absolute Gasteiger partial charge is 0.444 e. The molecule has 0 aromatic rings. The fourth-order valence-electron chi connectivity index (χ4n) is 5.57. The normalized spacial score (nSPS) is 17.2. The number of hydrogen-bond acceptors (Lipinski definition) is 7. The molecular weight excluding hydrogens is 590 g/mol. The number of ether oxygens (including phenoxy) is 1. The molecule has 1 saturated carbocycles. The minimum absolute atomic E-state index is 0.0749. The summed E-state index contributed by atoms with van der Waals surface area (Å²) in [5.74, 6) is -1.56. The maximum absolute atomic E-state index is 13.8. The number of alkyl carbamates (subject to hydrolysis) is 1. The first-order chi connectivity index (χ1) is 21.5. The first-order valence-corrected chi connectivity index (χ1v) is 17.1. The monoisotopic (exact) mass is 653 g/mol. The van der Waals surface area contributed by atoms with Crippen LogP contribution in [0.4, 0.5) is 4.79 Å². The molecule has 0 radical (unpaired) electrons. The number of nitrogens with two attached hydrogens (primary N) is 2. The van der Waals surface area contributed by atoms with Gasteiger partial charge in [-0.25, -0.2) is 4.79 Å². The van der Waals surface area contributed by atoms with Gasteiger partial charge in [-0.3, -0.25) is 19.4 Å². The van der Waals surface area contributed by atoms with Gasteiger partial charge in [-0.2, -0.15) is 0 Å². The van der Waals surface area contributed by atoms with Crippen LogP contribution in [0.5, 0.6) is 0 Å². The summed E-state index contributed by atoms with van der Waals surface area (Å²) in [5, 5.41) is 22.7. The van der Waals surface area contributed by atoms with E-state index in [0.29, 0.717) is 25.3 Å². The third kappa shape index (κ3) is 17.0. The van der Waals surface area contributed by atoms with E-state index in [1.165, 1.54) is 6.42 Å². The standard InChI is InChI=1S/C33H63N7O6/c1-8-9-17-36-28(42)22(4)19-26(41)25(20-23-14-11-10-12-15-23)38-30(44)27(21(2)3)40-29(43)24(16-13-18-37-31(34)35)39-32(45)46-33(5,6)7/h21-27,41H,8-20H2,1-7H3,(H,36,42)(H,38,44)(H,39,45)(H,40,43)(H4,34,35,37)/t22-,24+,25+,26+,27+/m1/s1. The Labute approximate surface area is 276 Å². The van der Waals surface area contributed by atoms with Gasteiger partial charge in [-0.15, -0.1) is 0 Å². The number of nitrogens with zero attached hydrogens (tertiary/aromatic N) is 1. The van der Waals surface area contributed by atoms with Crippen molar-refractivity contribution >= 4 is 29.8 Å². The number of unbranched alkanes of at least 4 members (excludes halogenated alkanes) is 1. The average molecular weight is 654 g/mol. The number of hydrogen-bond donors (Lipinski definition) is 7. The van der Waals surface area contributed by atoms with Crippen molar-refractivity contribution in [2.75, 3.05) is 13.1 Å². The van der Waals surface area contributed by atoms with Crippen LogP contribution in [0.15, 0.2) is 4.99 Å². The molecule has 0 bridgehead atoms. The summed E-state index contributed by atoms with van der Waals surface area (Å²) in [7, 11) is 0. The number of carbonyl (C=O) groups excluding carboxylic acids is 4. The number of aliphatic hydroxyl groups excluding tert-OH is 1. The molecule has 0 unspecified atom stereocenters. The van der Waals surface area contributed by atoms with E-state index in [0.717, 1.165) is 38.5 Å². The molecule has 0 aliphatic heterocycles. The van der Waals surface area contributed by atoms with Crippen LogP contribution >= 0.6 is 0 Å². The number of rotatable bonds is 19. The minimum Gasteiger partial charge on any atom is -0.444 e. The molecular formula is C33H63N7O6. The number of aliphatic hydroxyl groups is 1. The van der Waals surface area contributed by atoms with Crippen LogP contribution in [-0.2, 0) is 19.1 Å². The smallest absolute Gasteiger partial charge is 0.408 e. The maximum atomic E-state index is 13.8.